The van der Waals surface area contributed by atoms with E-state index < -0.39 is 6.10 Å². The normalized spacial score (nSPS) is 12.9. The zero-order chi connectivity index (χ0) is 11.5. The summed E-state index contributed by atoms with van der Waals surface area (Å²) in [6.07, 6.45) is -0.798. The Kier molecular flexibility index (Phi) is 3.02. The Hall–Kier alpha value is -1.66. The maximum atomic E-state index is 9.17. The van der Waals surface area contributed by atoms with Crippen LogP contribution >= 0.6 is 0 Å². The van der Waals surface area contributed by atoms with E-state index in [1.165, 1.54) is 0 Å². The first kappa shape index (κ1) is 10.8. The van der Waals surface area contributed by atoms with Gasteiger partial charge in [0.15, 0.2) is 5.65 Å². The molecule has 1 atom stereocenters. The third-order valence-corrected chi connectivity index (χ3v) is 2.26. The molecule has 6 nitrogen and oxygen atoms in total. The summed E-state index contributed by atoms with van der Waals surface area (Å²) in [7, 11) is 0. The number of hydrogen-bond acceptors (Lipinski definition) is 5. The molecule has 0 aliphatic rings. The van der Waals surface area contributed by atoms with Crippen LogP contribution in [-0.4, -0.2) is 44.1 Å². The van der Waals surface area contributed by atoms with Gasteiger partial charge in [-0.15, -0.1) is 5.10 Å². The molecule has 0 aliphatic heterocycles. The summed E-state index contributed by atoms with van der Waals surface area (Å²) in [6, 6.07) is 5.70. The number of hydrogen-bond donors (Lipinski definition) is 3. The standard InChI is InChI=1S/C10H14N4O2/c1-7-3-2-4-9-12-10(13-14(7)9)11-5-8(16)6-15/h2-4,8,15-16H,5-6H2,1H3,(H,11,13). The maximum absolute atomic E-state index is 9.17. The van der Waals surface area contributed by atoms with Gasteiger partial charge in [0.2, 0.25) is 5.95 Å². The van der Waals surface area contributed by atoms with Gasteiger partial charge < -0.3 is 15.5 Å². The lowest BCUT2D eigenvalue weighted by Crippen LogP contribution is -2.23. The Morgan fingerprint density at radius 2 is 2.31 bits per heavy atom. The van der Waals surface area contributed by atoms with E-state index in [2.05, 4.69) is 15.4 Å². The third kappa shape index (κ3) is 2.12. The molecule has 0 fully saturated rings. The number of nitrogens with one attached hydrogen (secondary N) is 1. The van der Waals surface area contributed by atoms with Gasteiger partial charge in [0.25, 0.3) is 0 Å². The number of fused-ring (bicyclic) bond motifs is 1. The smallest absolute Gasteiger partial charge is 0.243 e. The molecule has 2 heterocycles. The van der Waals surface area contributed by atoms with Crippen LogP contribution in [0.15, 0.2) is 18.2 Å². The Balaban J connectivity index is 2.17. The van der Waals surface area contributed by atoms with Gasteiger partial charge >= 0.3 is 0 Å². The van der Waals surface area contributed by atoms with Crippen molar-refractivity contribution in [1.29, 1.82) is 0 Å². The zero-order valence-electron chi connectivity index (χ0n) is 8.96. The molecule has 0 aliphatic carbocycles. The molecule has 2 rings (SSSR count). The minimum Gasteiger partial charge on any atom is -0.394 e. The second kappa shape index (κ2) is 4.46. The molecule has 0 aromatic carbocycles. The fourth-order valence-corrected chi connectivity index (χ4v) is 1.38. The highest BCUT2D eigenvalue weighted by atomic mass is 16.3. The molecule has 0 saturated carbocycles. The SMILES string of the molecule is Cc1cccc2nc(NCC(O)CO)nn12. The minimum atomic E-state index is -0.798. The second-order valence-electron chi connectivity index (χ2n) is 3.59. The highest BCUT2D eigenvalue weighted by molar-refractivity contribution is 5.44. The number of nitrogens with zero attached hydrogens (tertiary/aromatic N) is 3. The highest BCUT2D eigenvalue weighted by Crippen LogP contribution is 2.07. The van der Waals surface area contributed by atoms with Crippen molar-refractivity contribution in [2.24, 2.45) is 0 Å². The van der Waals surface area contributed by atoms with E-state index in [4.69, 9.17) is 5.11 Å². The summed E-state index contributed by atoms with van der Waals surface area (Å²) in [4.78, 5) is 4.23. The quantitative estimate of drug-likeness (QED) is 0.667. The van der Waals surface area contributed by atoms with Crippen molar-refractivity contribution in [1.82, 2.24) is 14.6 Å². The molecule has 1 unspecified atom stereocenters. The van der Waals surface area contributed by atoms with E-state index in [0.717, 1.165) is 11.3 Å². The molecule has 3 N–H and O–H groups in total. The molecule has 0 amide bonds. The van der Waals surface area contributed by atoms with E-state index in [0.29, 0.717) is 5.95 Å². The predicted molar refractivity (Wildman–Crippen MR) is 59.3 cm³/mol. The van der Waals surface area contributed by atoms with Gasteiger partial charge in [-0.2, -0.15) is 4.98 Å². The Morgan fingerprint density at radius 3 is 3.00 bits per heavy atom. The monoisotopic (exact) mass is 222 g/mol. The minimum absolute atomic E-state index is 0.229. The van der Waals surface area contributed by atoms with E-state index >= 15 is 0 Å². The molecule has 0 spiro atoms. The molecular weight excluding hydrogens is 208 g/mol. The average molecular weight is 222 g/mol. The number of aryl methyl sites for hydroxylation is 1. The molecular formula is C10H14N4O2. The van der Waals surface area contributed by atoms with E-state index in [9.17, 15) is 5.11 Å². The molecule has 0 saturated heterocycles. The van der Waals surface area contributed by atoms with Crippen LogP contribution < -0.4 is 5.32 Å². The summed E-state index contributed by atoms with van der Waals surface area (Å²) in [5, 5.41) is 24.9. The summed E-state index contributed by atoms with van der Waals surface area (Å²) >= 11 is 0. The van der Waals surface area contributed by atoms with Crippen LogP contribution in [0.4, 0.5) is 5.95 Å². The Morgan fingerprint density at radius 1 is 1.50 bits per heavy atom. The highest BCUT2D eigenvalue weighted by Gasteiger charge is 2.06. The van der Waals surface area contributed by atoms with Crippen molar-refractivity contribution in [2.45, 2.75) is 13.0 Å². The summed E-state index contributed by atoms with van der Waals surface area (Å²) < 4.78 is 1.72. The average Bonchev–Trinajstić information content (AvgIpc) is 2.70. The van der Waals surface area contributed by atoms with E-state index in [1.807, 2.05) is 25.1 Å². The topological polar surface area (TPSA) is 82.7 Å². The van der Waals surface area contributed by atoms with E-state index in [1.54, 1.807) is 4.52 Å². The fourth-order valence-electron chi connectivity index (χ4n) is 1.38. The predicted octanol–water partition coefficient (Wildman–Crippen LogP) is -0.197. The van der Waals surface area contributed by atoms with Gasteiger partial charge in [0, 0.05) is 12.2 Å². The Bertz CT molecular complexity index is 483. The van der Waals surface area contributed by atoms with Crippen molar-refractivity contribution in [2.75, 3.05) is 18.5 Å². The van der Waals surface area contributed by atoms with Gasteiger partial charge in [0.1, 0.15) is 0 Å². The lowest BCUT2D eigenvalue weighted by molar-refractivity contribution is 0.105. The van der Waals surface area contributed by atoms with Crippen LogP contribution in [-0.2, 0) is 0 Å². The first-order chi connectivity index (χ1) is 7.70. The van der Waals surface area contributed by atoms with E-state index in [-0.39, 0.29) is 13.2 Å². The second-order valence-corrected chi connectivity index (χ2v) is 3.59. The molecule has 6 heteroatoms. The number of aliphatic hydroxyl groups is 2. The van der Waals surface area contributed by atoms with Crippen LogP contribution in [0.2, 0.25) is 0 Å². The lowest BCUT2D eigenvalue weighted by Gasteiger charge is -2.05. The third-order valence-electron chi connectivity index (χ3n) is 2.26. The van der Waals surface area contributed by atoms with Crippen LogP contribution in [0.5, 0.6) is 0 Å². The molecule has 86 valence electrons. The van der Waals surface area contributed by atoms with Gasteiger partial charge in [0.05, 0.1) is 12.7 Å². The van der Waals surface area contributed by atoms with Crippen molar-refractivity contribution in [3.63, 3.8) is 0 Å². The number of pyridine rings is 1. The molecule has 2 aromatic rings. The van der Waals surface area contributed by atoms with Crippen LogP contribution in [0.1, 0.15) is 5.69 Å². The number of aromatic nitrogens is 3. The molecule has 0 radical (unpaired) electrons. The summed E-state index contributed by atoms with van der Waals surface area (Å²) in [6.45, 7) is 1.89. The van der Waals surface area contributed by atoms with Crippen molar-refractivity contribution in [3.8, 4) is 0 Å². The van der Waals surface area contributed by atoms with Crippen LogP contribution in [0.25, 0.3) is 5.65 Å². The van der Waals surface area contributed by atoms with Crippen molar-refractivity contribution in [3.05, 3.63) is 23.9 Å². The van der Waals surface area contributed by atoms with Crippen molar-refractivity contribution < 1.29 is 10.2 Å². The molecule has 2 aromatic heterocycles. The van der Waals surface area contributed by atoms with Gasteiger partial charge in [-0.05, 0) is 19.1 Å². The molecule has 0 bridgehead atoms. The first-order valence-electron chi connectivity index (χ1n) is 5.06. The Labute approximate surface area is 92.6 Å². The van der Waals surface area contributed by atoms with Gasteiger partial charge in [-0.3, -0.25) is 0 Å². The van der Waals surface area contributed by atoms with Gasteiger partial charge in [-0.25, -0.2) is 4.52 Å². The first-order valence-corrected chi connectivity index (χ1v) is 5.06. The summed E-state index contributed by atoms with van der Waals surface area (Å²) in [5.74, 6) is 0.446. The maximum Gasteiger partial charge on any atom is 0.243 e. The largest absolute Gasteiger partial charge is 0.394 e. The fraction of sp³-hybridized carbons (Fsp3) is 0.400. The van der Waals surface area contributed by atoms with Gasteiger partial charge in [-0.1, -0.05) is 6.07 Å². The van der Waals surface area contributed by atoms with Crippen LogP contribution in [0.3, 0.4) is 0 Å². The lowest BCUT2D eigenvalue weighted by atomic mass is 10.4. The zero-order valence-corrected chi connectivity index (χ0v) is 8.96. The van der Waals surface area contributed by atoms with Crippen molar-refractivity contribution >= 4 is 11.6 Å². The number of anilines is 1. The van der Waals surface area contributed by atoms with Crippen LogP contribution in [0, 0.1) is 6.92 Å². The molecule has 16 heavy (non-hydrogen) atoms. The summed E-state index contributed by atoms with van der Waals surface area (Å²) in [5.41, 5.74) is 1.74. The number of aliphatic hydroxyl groups excluding tert-OH is 2. The number of rotatable bonds is 4.